The molecule has 1 aromatic carbocycles. The second-order valence-electron chi connectivity index (χ2n) is 10.9. The van der Waals surface area contributed by atoms with E-state index in [4.69, 9.17) is 14.9 Å². The van der Waals surface area contributed by atoms with Crippen LogP contribution in [0, 0.1) is 17.8 Å². The van der Waals surface area contributed by atoms with Gasteiger partial charge in [-0.15, -0.1) is 0 Å². The highest BCUT2D eigenvalue weighted by molar-refractivity contribution is 6.23. The highest BCUT2D eigenvalue weighted by atomic mass is 16.5. The van der Waals surface area contributed by atoms with Crippen molar-refractivity contribution in [1.29, 1.82) is 0 Å². The van der Waals surface area contributed by atoms with Crippen molar-refractivity contribution in [3.8, 4) is 5.75 Å². The Morgan fingerprint density at radius 2 is 1.77 bits per heavy atom. The molecule has 3 aliphatic carbocycles. The van der Waals surface area contributed by atoms with Crippen molar-refractivity contribution in [2.75, 3.05) is 19.8 Å². The standard InChI is InChI=1S/C31H33NO8/c1-17-15-24(34)23-16-22-20(26(28(23)29(17)37)18-6-8-19(9-7-18)40-14-13-33)10-11-21-27(22)31(39)32(30(21)38)12-4-2-3-5-25(35)36/h6-10,15,21-22,26-27,33H,2-5,11-14,16H2,1H3,(H,35,36)/t21-,22+,26-,27-/m0/s1. The van der Waals surface area contributed by atoms with Crippen LogP contribution in [0.15, 0.2) is 58.7 Å². The van der Waals surface area contributed by atoms with Crippen LogP contribution in [0.5, 0.6) is 5.75 Å². The summed E-state index contributed by atoms with van der Waals surface area (Å²) in [4.78, 5) is 65.8. The molecule has 0 aromatic heterocycles. The maximum absolute atomic E-state index is 13.7. The zero-order valence-electron chi connectivity index (χ0n) is 22.4. The van der Waals surface area contributed by atoms with Crippen LogP contribution in [-0.4, -0.2) is 64.2 Å². The predicted octanol–water partition coefficient (Wildman–Crippen LogP) is 3.13. The second-order valence-corrected chi connectivity index (χ2v) is 10.9. The molecule has 2 N–H and O–H groups in total. The lowest BCUT2D eigenvalue weighted by molar-refractivity contribution is -0.141. The third kappa shape index (κ3) is 4.94. The monoisotopic (exact) mass is 547 g/mol. The number of amides is 2. The Hall–Kier alpha value is -3.85. The molecule has 9 nitrogen and oxygen atoms in total. The van der Waals surface area contributed by atoms with Gasteiger partial charge in [-0.05, 0) is 62.3 Å². The number of hydrogen-bond donors (Lipinski definition) is 2. The van der Waals surface area contributed by atoms with Gasteiger partial charge >= 0.3 is 5.97 Å². The molecule has 0 spiro atoms. The van der Waals surface area contributed by atoms with E-state index in [0.29, 0.717) is 48.2 Å². The Labute approximate surface area is 232 Å². The number of aliphatic hydroxyl groups excluding tert-OH is 1. The van der Waals surface area contributed by atoms with E-state index in [1.54, 1.807) is 19.1 Å². The Balaban J connectivity index is 1.46. The van der Waals surface area contributed by atoms with Gasteiger partial charge in [0.2, 0.25) is 11.8 Å². The van der Waals surface area contributed by atoms with E-state index in [1.807, 2.05) is 18.2 Å². The summed E-state index contributed by atoms with van der Waals surface area (Å²) in [7, 11) is 0. The first-order valence-corrected chi connectivity index (χ1v) is 13.8. The van der Waals surface area contributed by atoms with Crippen molar-refractivity contribution in [3.05, 3.63) is 64.3 Å². The molecule has 1 aromatic rings. The number of Topliss-reactive ketones (excluding diaryl/α,β-unsaturated/α-hetero) is 1. The molecule has 1 saturated heterocycles. The van der Waals surface area contributed by atoms with Gasteiger partial charge in [0.15, 0.2) is 11.6 Å². The number of ketones is 2. The van der Waals surface area contributed by atoms with Gasteiger partial charge in [-0.25, -0.2) is 0 Å². The van der Waals surface area contributed by atoms with Crippen LogP contribution >= 0.6 is 0 Å². The molecule has 4 aliphatic rings. The number of likely N-dealkylation sites (tertiary alicyclic amines) is 1. The summed E-state index contributed by atoms with van der Waals surface area (Å²) in [6.07, 6.45) is 5.64. The van der Waals surface area contributed by atoms with Gasteiger partial charge in [0.05, 0.1) is 18.4 Å². The van der Waals surface area contributed by atoms with Crippen molar-refractivity contribution in [2.45, 2.75) is 51.4 Å². The zero-order chi connectivity index (χ0) is 28.6. The fourth-order valence-corrected chi connectivity index (χ4v) is 6.67. The van der Waals surface area contributed by atoms with Crippen LogP contribution in [0.1, 0.15) is 56.9 Å². The summed E-state index contributed by atoms with van der Waals surface area (Å²) in [5, 5.41) is 17.9. The number of rotatable bonds is 10. The van der Waals surface area contributed by atoms with E-state index in [1.165, 1.54) is 11.0 Å². The van der Waals surface area contributed by atoms with Crippen LogP contribution in [0.4, 0.5) is 0 Å². The number of nitrogens with zero attached hydrogens (tertiary/aromatic N) is 1. The second kappa shape index (κ2) is 11.3. The number of carbonyl (C=O) groups excluding carboxylic acids is 4. The lowest BCUT2D eigenvalue weighted by atomic mass is 9.59. The average molecular weight is 548 g/mol. The van der Waals surface area contributed by atoms with Crippen LogP contribution in [0.25, 0.3) is 0 Å². The maximum atomic E-state index is 13.7. The van der Waals surface area contributed by atoms with Gasteiger partial charge in [-0.2, -0.15) is 0 Å². The number of fused-ring (bicyclic) bond motifs is 3. The summed E-state index contributed by atoms with van der Waals surface area (Å²) in [5.41, 5.74) is 2.93. The van der Waals surface area contributed by atoms with Crippen molar-refractivity contribution >= 4 is 29.4 Å². The van der Waals surface area contributed by atoms with E-state index in [2.05, 4.69) is 0 Å². The minimum Gasteiger partial charge on any atom is -0.491 e. The fraction of sp³-hybridized carbons (Fsp3) is 0.452. The molecule has 4 atom stereocenters. The first-order chi connectivity index (χ1) is 19.2. The predicted molar refractivity (Wildman–Crippen MR) is 143 cm³/mol. The van der Waals surface area contributed by atoms with Gasteiger partial charge in [0, 0.05) is 35.6 Å². The van der Waals surface area contributed by atoms with Gasteiger partial charge in [-0.1, -0.05) is 30.2 Å². The van der Waals surface area contributed by atoms with E-state index in [9.17, 15) is 24.0 Å². The van der Waals surface area contributed by atoms with Crippen LogP contribution < -0.4 is 4.74 Å². The summed E-state index contributed by atoms with van der Waals surface area (Å²) >= 11 is 0. The fourth-order valence-electron chi connectivity index (χ4n) is 6.67. The SMILES string of the molecule is CC1=CC(=O)C2=C(C1=O)[C@@H](c1ccc(OCCO)cc1)C1=CC[C@@H]3C(=O)N(CCCCCC(=O)O)C(=O)[C@@H]3[C@@H]1C2. The summed E-state index contributed by atoms with van der Waals surface area (Å²) < 4.78 is 5.50. The van der Waals surface area contributed by atoms with Gasteiger partial charge in [0.1, 0.15) is 12.4 Å². The van der Waals surface area contributed by atoms with Gasteiger partial charge in [-0.3, -0.25) is 28.9 Å². The number of allylic oxidation sites excluding steroid dienone is 6. The highest BCUT2D eigenvalue weighted by Gasteiger charge is 2.56. The van der Waals surface area contributed by atoms with E-state index in [0.717, 1.165) is 11.1 Å². The molecule has 0 bridgehead atoms. The molecule has 210 valence electrons. The van der Waals surface area contributed by atoms with Gasteiger partial charge in [0.25, 0.3) is 0 Å². The lowest BCUT2D eigenvalue weighted by Gasteiger charge is -2.42. The molecule has 0 unspecified atom stereocenters. The third-order valence-electron chi connectivity index (χ3n) is 8.50. The Kier molecular flexibility index (Phi) is 7.85. The molecule has 0 saturated carbocycles. The topological polar surface area (TPSA) is 138 Å². The molecule has 1 fully saturated rings. The van der Waals surface area contributed by atoms with Crippen LogP contribution in [0.2, 0.25) is 0 Å². The number of ether oxygens (including phenoxy) is 1. The Morgan fingerprint density at radius 3 is 2.48 bits per heavy atom. The summed E-state index contributed by atoms with van der Waals surface area (Å²) in [6.45, 7) is 1.92. The van der Waals surface area contributed by atoms with Crippen molar-refractivity contribution in [1.82, 2.24) is 4.90 Å². The molecular formula is C31H33NO8. The largest absolute Gasteiger partial charge is 0.491 e. The minimum absolute atomic E-state index is 0.0521. The van der Waals surface area contributed by atoms with E-state index < -0.39 is 23.7 Å². The smallest absolute Gasteiger partial charge is 0.303 e. The number of unbranched alkanes of at least 4 members (excludes halogenated alkanes) is 2. The number of imide groups is 1. The minimum atomic E-state index is -0.869. The van der Waals surface area contributed by atoms with Gasteiger partial charge < -0.3 is 14.9 Å². The molecule has 40 heavy (non-hydrogen) atoms. The number of carbonyl (C=O) groups is 5. The van der Waals surface area contributed by atoms with E-state index >= 15 is 0 Å². The van der Waals surface area contributed by atoms with Crippen molar-refractivity contribution < 1.29 is 38.9 Å². The summed E-state index contributed by atoms with van der Waals surface area (Å²) in [5.74, 6) is -3.20. The molecule has 1 aliphatic heterocycles. The molecule has 1 heterocycles. The number of carboxylic acid groups (broad SMARTS) is 1. The highest BCUT2D eigenvalue weighted by Crippen LogP contribution is 2.55. The zero-order valence-corrected chi connectivity index (χ0v) is 22.4. The average Bonchev–Trinajstić information content (AvgIpc) is 3.18. The molecule has 2 amide bonds. The Morgan fingerprint density at radius 1 is 1.02 bits per heavy atom. The summed E-state index contributed by atoms with van der Waals surface area (Å²) in [6, 6.07) is 7.20. The number of aliphatic hydroxyl groups is 1. The number of carboxylic acids is 1. The third-order valence-corrected chi connectivity index (χ3v) is 8.50. The quantitative estimate of drug-likeness (QED) is 0.197. The number of hydrogen-bond acceptors (Lipinski definition) is 7. The van der Waals surface area contributed by atoms with Crippen molar-refractivity contribution in [2.24, 2.45) is 17.8 Å². The number of aliphatic carboxylic acids is 1. The maximum Gasteiger partial charge on any atom is 0.303 e. The molecule has 0 radical (unpaired) electrons. The molecular weight excluding hydrogens is 514 g/mol. The van der Waals surface area contributed by atoms with Crippen LogP contribution in [0.3, 0.4) is 0 Å². The molecule has 9 heteroatoms. The first-order valence-electron chi connectivity index (χ1n) is 13.8. The normalized spacial score (nSPS) is 25.8. The van der Waals surface area contributed by atoms with Crippen LogP contribution in [-0.2, 0) is 24.0 Å². The van der Waals surface area contributed by atoms with E-state index in [-0.39, 0.29) is 61.9 Å². The number of benzene rings is 1. The lowest BCUT2D eigenvalue weighted by Crippen LogP contribution is -2.39. The van der Waals surface area contributed by atoms with Crippen molar-refractivity contribution in [3.63, 3.8) is 0 Å². The first kappa shape index (κ1) is 27.7. The molecule has 5 rings (SSSR count). The Bertz CT molecular complexity index is 1350.